The number of anilines is 2. The van der Waals surface area contributed by atoms with Crippen LogP contribution < -0.4 is 15.5 Å². The summed E-state index contributed by atoms with van der Waals surface area (Å²) < 4.78 is 22.2. The van der Waals surface area contributed by atoms with Crippen LogP contribution in [0.1, 0.15) is 12.5 Å². The van der Waals surface area contributed by atoms with Crippen LogP contribution >= 0.6 is 0 Å². The molecule has 2 aromatic carbocycles. The van der Waals surface area contributed by atoms with Crippen molar-refractivity contribution in [2.24, 2.45) is 0 Å². The molecule has 3 heterocycles. The highest BCUT2D eigenvalue weighted by atomic mass is 19.1. The minimum Gasteiger partial charge on any atom is -0.442 e. The molecule has 4 aromatic rings. The van der Waals surface area contributed by atoms with E-state index in [1.165, 1.54) is 24.2 Å². The molecule has 0 bridgehead atoms. The first-order valence-electron chi connectivity index (χ1n) is 11.4. The number of rotatable bonds is 7. The number of halogens is 1. The number of fused-ring (bicyclic) bond motifs is 1. The average Bonchev–Trinajstić information content (AvgIpc) is 3.46. The molecule has 0 unspecified atom stereocenters. The second-order valence-electron chi connectivity index (χ2n) is 8.43. The van der Waals surface area contributed by atoms with Crippen LogP contribution in [-0.4, -0.2) is 57.8 Å². The third-order valence-corrected chi connectivity index (χ3v) is 5.97. The first-order valence-corrected chi connectivity index (χ1v) is 11.4. The second kappa shape index (κ2) is 9.61. The summed E-state index contributed by atoms with van der Waals surface area (Å²) in [7, 11) is 1.78. The van der Waals surface area contributed by atoms with Crippen LogP contribution in [0.2, 0.25) is 0 Å². The SMILES string of the molecule is CNc1ncnc2c1ncn2Cc1ccc(-c2ccc(N3C[C@H](CNC(C)=O)OC3=O)cc2F)cc1. The molecule has 2 aromatic heterocycles. The van der Waals surface area contributed by atoms with Gasteiger partial charge in [0.2, 0.25) is 5.91 Å². The number of carbonyl (C=O) groups is 2. The predicted octanol–water partition coefficient (Wildman–Crippen LogP) is 3.18. The van der Waals surface area contributed by atoms with E-state index in [1.54, 1.807) is 25.5 Å². The quantitative estimate of drug-likeness (QED) is 0.410. The van der Waals surface area contributed by atoms with Gasteiger partial charge in [0.15, 0.2) is 11.5 Å². The van der Waals surface area contributed by atoms with E-state index in [-0.39, 0.29) is 19.0 Å². The molecule has 2 N–H and O–H groups in total. The zero-order valence-electron chi connectivity index (χ0n) is 19.7. The van der Waals surface area contributed by atoms with Gasteiger partial charge in [0.05, 0.1) is 31.6 Å². The van der Waals surface area contributed by atoms with Gasteiger partial charge in [-0.25, -0.2) is 24.1 Å². The maximum atomic E-state index is 15.1. The topological polar surface area (TPSA) is 114 Å². The summed E-state index contributed by atoms with van der Waals surface area (Å²) in [5.41, 5.74) is 3.96. The summed E-state index contributed by atoms with van der Waals surface area (Å²) in [6, 6.07) is 12.2. The van der Waals surface area contributed by atoms with E-state index >= 15 is 4.39 Å². The summed E-state index contributed by atoms with van der Waals surface area (Å²) in [5.74, 6) is 0.00918. The molecule has 0 radical (unpaired) electrons. The van der Waals surface area contributed by atoms with E-state index in [2.05, 4.69) is 25.6 Å². The highest BCUT2D eigenvalue weighted by Gasteiger charge is 2.32. The van der Waals surface area contributed by atoms with Gasteiger partial charge in [0.1, 0.15) is 23.8 Å². The Kier molecular flexibility index (Phi) is 6.19. The molecule has 11 heteroatoms. The maximum Gasteiger partial charge on any atom is 0.414 e. The van der Waals surface area contributed by atoms with Crippen LogP contribution in [0, 0.1) is 5.82 Å². The molecule has 0 aliphatic carbocycles. The lowest BCUT2D eigenvalue weighted by Crippen LogP contribution is -2.33. The number of nitrogens with one attached hydrogen (secondary N) is 2. The van der Waals surface area contributed by atoms with Gasteiger partial charge in [0.25, 0.3) is 0 Å². The summed E-state index contributed by atoms with van der Waals surface area (Å²) in [5, 5.41) is 5.63. The van der Waals surface area contributed by atoms with E-state index < -0.39 is 18.0 Å². The van der Waals surface area contributed by atoms with Crippen LogP contribution in [-0.2, 0) is 16.1 Å². The van der Waals surface area contributed by atoms with Gasteiger partial charge in [0, 0.05) is 19.5 Å². The zero-order valence-corrected chi connectivity index (χ0v) is 19.7. The van der Waals surface area contributed by atoms with Crippen molar-refractivity contribution >= 4 is 34.7 Å². The van der Waals surface area contributed by atoms with Gasteiger partial charge >= 0.3 is 6.09 Å². The summed E-state index contributed by atoms with van der Waals surface area (Å²) >= 11 is 0. The van der Waals surface area contributed by atoms with E-state index in [0.29, 0.717) is 34.7 Å². The molecule has 1 atom stereocenters. The predicted molar refractivity (Wildman–Crippen MR) is 132 cm³/mol. The third-order valence-electron chi connectivity index (χ3n) is 5.97. The van der Waals surface area contributed by atoms with Gasteiger partial charge in [-0.2, -0.15) is 0 Å². The second-order valence-corrected chi connectivity index (χ2v) is 8.43. The van der Waals surface area contributed by atoms with Crippen molar-refractivity contribution in [3.8, 4) is 11.1 Å². The fourth-order valence-corrected chi connectivity index (χ4v) is 4.17. The molecule has 2 amide bonds. The third kappa shape index (κ3) is 4.54. The van der Waals surface area contributed by atoms with Crippen molar-refractivity contribution in [1.29, 1.82) is 0 Å². The number of carbonyl (C=O) groups excluding carboxylic acids is 2. The molecule has 0 saturated carbocycles. The molecule has 1 fully saturated rings. The van der Waals surface area contributed by atoms with Crippen molar-refractivity contribution in [1.82, 2.24) is 24.8 Å². The minimum atomic E-state index is -0.569. The minimum absolute atomic E-state index is 0.207. The standard InChI is InChI=1S/C25H24FN7O3/c1-15(34)28-10-19-12-33(25(35)36-19)18-7-8-20(21(26)9-18)17-5-3-16(4-6-17)11-32-14-31-22-23(27-2)29-13-30-24(22)32/h3-9,13-14,19H,10-12H2,1-2H3,(H,28,34)(H,27,29,30)/t19-/m0/s1. The average molecular weight is 490 g/mol. The van der Waals surface area contributed by atoms with Crippen LogP contribution in [0.5, 0.6) is 0 Å². The van der Waals surface area contributed by atoms with Crippen molar-refractivity contribution in [2.75, 3.05) is 30.4 Å². The molecule has 5 rings (SSSR count). The van der Waals surface area contributed by atoms with Gasteiger partial charge < -0.3 is 19.9 Å². The summed E-state index contributed by atoms with van der Waals surface area (Å²) in [4.78, 5) is 37.6. The monoisotopic (exact) mass is 489 g/mol. The molecule has 1 saturated heterocycles. The molecule has 10 nitrogen and oxygen atoms in total. The van der Waals surface area contributed by atoms with E-state index in [1.807, 2.05) is 28.8 Å². The van der Waals surface area contributed by atoms with Crippen LogP contribution in [0.25, 0.3) is 22.3 Å². The van der Waals surface area contributed by atoms with Gasteiger partial charge in [-0.1, -0.05) is 24.3 Å². The Morgan fingerprint density at radius 3 is 2.69 bits per heavy atom. The van der Waals surface area contributed by atoms with Gasteiger partial charge in [-0.05, 0) is 29.3 Å². The Labute approximate surface area is 206 Å². The Bertz CT molecular complexity index is 1440. The Hall–Kier alpha value is -4.54. The Morgan fingerprint density at radius 1 is 1.17 bits per heavy atom. The van der Waals surface area contributed by atoms with Crippen molar-refractivity contribution in [3.63, 3.8) is 0 Å². The molecule has 1 aliphatic heterocycles. The molecule has 184 valence electrons. The lowest BCUT2D eigenvalue weighted by Gasteiger charge is -2.15. The van der Waals surface area contributed by atoms with Gasteiger partial charge in [-0.15, -0.1) is 0 Å². The summed E-state index contributed by atoms with van der Waals surface area (Å²) in [6.45, 7) is 2.39. The lowest BCUT2D eigenvalue weighted by atomic mass is 10.0. The maximum absolute atomic E-state index is 15.1. The van der Waals surface area contributed by atoms with Crippen molar-refractivity contribution < 1.29 is 18.7 Å². The Balaban J connectivity index is 1.30. The molecule has 0 spiro atoms. The smallest absolute Gasteiger partial charge is 0.414 e. The number of cyclic esters (lactones) is 1. The number of nitrogens with zero attached hydrogens (tertiary/aromatic N) is 5. The first kappa shape index (κ1) is 23.2. The number of hydrogen-bond donors (Lipinski definition) is 2. The van der Waals surface area contributed by atoms with Crippen LogP contribution in [0.15, 0.2) is 55.1 Å². The van der Waals surface area contributed by atoms with E-state index in [4.69, 9.17) is 4.74 Å². The molecule has 36 heavy (non-hydrogen) atoms. The van der Waals surface area contributed by atoms with Crippen molar-refractivity contribution in [2.45, 2.75) is 19.6 Å². The van der Waals surface area contributed by atoms with E-state index in [0.717, 1.165) is 11.2 Å². The lowest BCUT2D eigenvalue weighted by molar-refractivity contribution is -0.119. The van der Waals surface area contributed by atoms with Gasteiger partial charge in [-0.3, -0.25) is 9.69 Å². The molecular weight excluding hydrogens is 465 g/mol. The number of benzene rings is 2. The first-order chi connectivity index (χ1) is 17.4. The zero-order chi connectivity index (χ0) is 25.2. The normalized spacial score (nSPS) is 15.2. The summed E-state index contributed by atoms with van der Waals surface area (Å²) in [6.07, 6.45) is 2.16. The fraction of sp³-hybridized carbons (Fsp3) is 0.240. The highest BCUT2D eigenvalue weighted by molar-refractivity contribution is 5.90. The number of amides is 2. The van der Waals surface area contributed by atoms with Crippen LogP contribution in [0.4, 0.5) is 20.7 Å². The number of aromatic nitrogens is 4. The Morgan fingerprint density at radius 2 is 1.97 bits per heavy atom. The number of ether oxygens (including phenoxy) is 1. The largest absolute Gasteiger partial charge is 0.442 e. The van der Waals surface area contributed by atoms with Crippen LogP contribution in [0.3, 0.4) is 0 Å². The fourth-order valence-electron chi connectivity index (χ4n) is 4.17. The number of hydrogen-bond acceptors (Lipinski definition) is 7. The number of imidazole rings is 1. The molecular formula is C25H24FN7O3. The molecule has 1 aliphatic rings. The van der Waals surface area contributed by atoms with Crippen molar-refractivity contribution in [3.05, 3.63) is 66.5 Å². The highest BCUT2D eigenvalue weighted by Crippen LogP contribution is 2.29. The van der Waals surface area contributed by atoms with E-state index in [9.17, 15) is 9.59 Å².